The number of benzene rings is 1. The van der Waals surface area contributed by atoms with Crippen LogP contribution in [-0.4, -0.2) is 15.8 Å². The number of nitrogens with two attached hydrogens (primary N) is 1. The van der Waals surface area contributed by atoms with Crippen molar-refractivity contribution in [2.75, 3.05) is 0 Å². The molecule has 0 aliphatic heterocycles. The number of halogens is 1. The molecule has 2 aromatic rings. The fourth-order valence-electron chi connectivity index (χ4n) is 2.16. The van der Waals surface area contributed by atoms with Crippen LogP contribution in [0.15, 0.2) is 41.0 Å². The Kier molecular flexibility index (Phi) is 5.34. The zero-order chi connectivity index (χ0) is 14.5. The van der Waals surface area contributed by atoms with Crippen LogP contribution in [0.5, 0.6) is 0 Å². The molecule has 20 heavy (non-hydrogen) atoms. The van der Waals surface area contributed by atoms with Crippen molar-refractivity contribution < 1.29 is 0 Å². The third kappa shape index (κ3) is 4.16. The van der Waals surface area contributed by atoms with Crippen LogP contribution in [0.4, 0.5) is 0 Å². The molecule has 5 heteroatoms. The molecule has 4 nitrogen and oxygen atoms in total. The molecule has 0 fully saturated rings. The predicted octanol–water partition coefficient (Wildman–Crippen LogP) is 2.84. The van der Waals surface area contributed by atoms with E-state index >= 15 is 0 Å². The van der Waals surface area contributed by atoms with Gasteiger partial charge in [0.1, 0.15) is 0 Å². The van der Waals surface area contributed by atoms with E-state index in [2.05, 4.69) is 58.5 Å². The van der Waals surface area contributed by atoms with Gasteiger partial charge < -0.3 is 0 Å². The fraction of sp³-hybridized carbons (Fsp3) is 0.400. The molecule has 108 valence electrons. The molecule has 1 atom stereocenters. The third-order valence-electron chi connectivity index (χ3n) is 3.26. The van der Waals surface area contributed by atoms with Crippen molar-refractivity contribution in [2.24, 2.45) is 5.84 Å². The van der Waals surface area contributed by atoms with E-state index in [1.54, 1.807) is 0 Å². The van der Waals surface area contributed by atoms with Crippen LogP contribution in [0.3, 0.4) is 0 Å². The summed E-state index contributed by atoms with van der Waals surface area (Å²) in [4.78, 5) is 0. The second kappa shape index (κ2) is 7.02. The van der Waals surface area contributed by atoms with Gasteiger partial charge in [-0.1, -0.05) is 28.1 Å². The van der Waals surface area contributed by atoms with Crippen LogP contribution in [-0.2, 0) is 12.8 Å². The smallest absolute Gasteiger partial charge is 0.0640 e. The Morgan fingerprint density at radius 1 is 1.30 bits per heavy atom. The highest BCUT2D eigenvalue weighted by Gasteiger charge is 2.11. The van der Waals surface area contributed by atoms with Gasteiger partial charge in [0, 0.05) is 29.2 Å². The maximum absolute atomic E-state index is 5.68. The number of hydrogen-bond acceptors (Lipinski definition) is 3. The van der Waals surface area contributed by atoms with Gasteiger partial charge in [0.15, 0.2) is 0 Å². The summed E-state index contributed by atoms with van der Waals surface area (Å²) in [5.41, 5.74) is 5.21. The topological polar surface area (TPSA) is 55.9 Å². The third-order valence-corrected chi connectivity index (χ3v) is 3.75. The Balaban J connectivity index is 2.01. The highest BCUT2D eigenvalue weighted by molar-refractivity contribution is 9.10. The van der Waals surface area contributed by atoms with Crippen LogP contribution in [0.25, 0.3) is 0 Å². The number of hydrogen-bond donors (Lipinski definition) is 2. The monoisotopic (exact) mass is 336 g/mol. The molecule has 1 heterocycles. The summed E-state index contributed by atoms with van der Waals surface area (Å²) in [5, 5.41) is 4.57. The summed E-state index contributed by atoms with van der Waals surface area (Å²) >= 11 is 3.49. The van der Waals surface area contributed by atoms with Gasteiger partial charge in [-0.2, -0.15) is 5.10 Å². The Labute approximate surface area is 128 Å². The average molecular weight is 337 g/mol. The molecule has 0 aliphatic rings. The molecular weight excluding hydrogens is 316 g/mol. The number of nitrogens with zero attached hydrogens (tertiary/aromatic N) is 2. The lowest BCUT2D eigenvalue weighted by Gasteiger charge is -2.15. The van der Waals surface area contributed by atoms with Crippen LogP contribution >= 0.6 is 15.9 Å². The minimum absolute atomic E-state index is 0.180. The van der Waals surface area contributed by atoms with Crippen molar-refractivity contribution in [1.82, 2.24) is 15.2 Å². The first-order valence-corrected chi connectivity index (χ1v) is 7.62. The van der Waals surface area contributed by atoms with E-state index in [1.165, 1.54) is 5.56 Å². The van der Waals surface area contributed by atoms with Crippen LogP contribution in [0.2, 0.25) is 0 Å². The van der Waals surface area contributed by atoms with Crippen molar-refractivity contribution in [3.05, 3.63) is 52.3 Å². The highest BCUT2D eigenvalue weighted by Crippen LogP contribution is 2.14. The van der Waals surface area contributed by atoms with E-state index in [0.717, 1.165) is 23.0 Å². The van der Waals surface area contributed by atoms with E-state index in [-0.39, 0.29) is 6.04 Å². The fourth-order valence-corrected chi connectivity index (χ4v) is 2.61. The molecule has 0 saturated carbocycles. The minimum atomic E-state index is 0.180. The zero-order valence-electron chi connectivity index (χ0n) is 11.9. The molecule has 1 aromatic carbocycles. The summed E-state index contributed by atoms with van der Waals surface area (Å²) in [6, 6.07) is 10.9. The van der Waals surface area contributed by atoms with Gasteiger partial charge in [-0.3, -0.25) is 16.0 Å². The molecule has 0 saturated heterocycles. The predicted molar refractivity (Wildman–Crippen MR) is 85.3 cm³/mol. The molecule has 0 amide bonds. The summed E-state index contributed by atoms with van der Waals surface area (Å²) in [6.07, 6.45) is 3.72. The van der Waals surface area contributed by atoms with Crippen molar-refractivity contribution in [1.29, 1.82) is 0 Å². The molecule has 2 rings (SSSR count). The maximum Gasteiger partial charge on any atom is 0.0640 e. The first-order valence-electron chi connectivity index (χ1n) is 6.83. The van der Waals surface area contributed by atoms with Crippen molar-refractivity contribution in [3.63, 3.8) is 0 Å². The van der Waals surface area contributed by atoms with Gasteiger partial charge in [-0.05, 0) is 44.0 Å². The largest absolute Gasteiger partial charge is 0.271 e. The van der Waals surface area contributed by atoms with Gasteiger partial charge in [-0.15, -0.1) is 0 Å². The second-order valence-corrected chi connectivity index (χ2v) is 6.20. The highest BCUT2D eigenvalue weighted by atomic mass is 79.9. The van der Waals surface area contributed by atoms with Gasteiger partial charge in [0.25, 0.3) is 0 Å². The van der Waals surface area contributed by atoms with Gasteiger partial charge >= 0.3 is 0 Å². The average Bonchev–Trinajstić information content (AvgIpc) is 2.87. The second-order valence-electron chi connectivity index (χ2n) is 5.28. The van der Waals surface area contributed by atoms with Crippen LogP contribution in [0, 0.1) is 0 Å². The molecule has 0 bridgehead atoms. The standard InChI is InChI=1S/C15H21BrN4/c1-11(2)20-7-6-14(19-20)10-15(18-17)9-12-4-3-5-13(16)8-12/h3-8,11,15,18H,9-10,17H2,1-2H3. The van der Waals surface area contributed by atoms with E-state index in [9.17, 15) is 0 Å². The molecule has 0 aliphatic carbocycles. The number of aromatic nitrogens is 2. The van der Waals surface area contributed by atoms with Crippen LogP contribution in [0.1, 0.15) is 31.1 Å². The van der Waals surface area contributed by atoms with E-state index in [0.29, 0.717) is 6.04 Å². The first-order chi connectivity index (χ1) is 9.58. The molecule has 0 spiro atoms. The SMILES string of the molecule is CC(C)n1ccc(CC(Cc2cccc(Br)c2)NN)n1. The van der Waals surface area contributed by atoms with E-state index in [1.807, 2.05) is 23.0 Å². The lowest BCUT2D eigenvalue weighted by atomic mass is 10.0. The number of rotatable bonds is 6. The normalized spacial score (nSPS) is 12.8. The summed E-state index contributed by atoms with van der Waals surface area (Å²) in [7, 11) is 0. The Bertz CT molecular complexity index is 550. The number of nitrogens with one attached hydrogen (secondary N) is 1. The van der Waals surface area contributed by atoms with E-state index in [4.69, 9.17) is 5.84 Å². The first kappa shape index (κ1) is 15.2. The molecule has 3 N–H and O–H groups in total. The molecule has 1 unspecified atom stereocenters. The summed E-state index contributed by atoms with van der Waals surface area (Å²) in [5.74, 6) is 5.68. The molecular formula is C15H21BrN4. The maximum atomic E-state index is 5.68. The van der Waals surface area contributed by atoms with Crippen LogP contribution < -0.4 is 11.3 Å². The minimum Gasteiger partial charge on any atom is -0.271 e. The zero-order valence-corrected chi connectivity index (χ0v) is 13.5. The lowest BCUT2D eigenvalue weighted by molar-refractivity contribution is 0.495. The molecule has 1 aromatic heterocycles. The Morgan fingerprint density at radius 3 is 2.70 bits per heavy atom. The van der Waals surface area contributed by atoms with Crippen molar-refractivity contribution >= 4 is 15.9 Å². The Hall–Kier alpha value is -1.17. The Morgan fingerprint density at radius 2 is 2.10 bits per heavy atom. The van der Waals surface area contributed by atoms with Gasteiger partial charge in [0.2, 0.25) is 0 Å². The van der Waals surface area contributed by atoms with E-state index < -0.39 is 0 Å². The summed E-state index contributed by atoms with van der Waals surface area (Å²) < 4.78 is 3.07. The van der Waals surface area contributed by atoms with Crippen molar-refractivity contribution in [3.8, 4) is 0 Å². The quantitative estimate of drug-likeness (QED) is 0.630. The number of hydrazine groups is 1. The lowest BCUT2D eigenvalue weighted by Crippen LogP contribution is -2.38. The van der Waals surface area contributed by atoms with Crippen molar-refractivity contribution in [2.45, 2.75) is 38.8 Å². The van der Waals surface area contributed by atoms with Gasteiger partial charge in [-0.25, -0.2) is 0 Å². The summed E-state index contributed by atoms with van der Waals surface area (Å²) in [6.45, 7) is 4.24. The molecule has 0 radical (unpaired) electrons. The van der Waals surface area contributed by atoms with Gasteiger partial charge in [0.05, 0.1) is 5.69 Å².